The lowest BCUT2D eigenvalue weighted by atomic mass is 10.1. The number of hydrogen-bond donors (Lipinski definition) is 0. The highest BCUT2D eigenvalue weighted by atomic mass is 35.5. The third-order valence-electron chi connectivity index (χ3n) is 2.72. The molecule has 2 aromatic carbocycles. The molecule has 0 unspecified atom stereocenters. The van der Waals surface area contributed by atoms with Crippen molar-refractivity contribution in [3.8, 4) is 11.8 Å². The van der Waals surface area contributed by atoms with Gasteiger partial charge in [-0.25, -0.2) is 4.39 Å². The summed E-state index contributed by atoms with van der Waals surface area (Å²) in [7, 11) is 0. The van der Waals surface area contributed by atoms with E-state index in [1.165, 1.54) is 18.2 Å². The maximum Gasteiger partial charge on any atom is 0.129 e. The summed E-state index contributed by atoms with van der Waals surface area (Å²) in [6.07, 6.45) is 0. The minimum Gasteiger partial charge on any atom is -0.488 e. The molecule has 5 heteroatoms. The predicted molar refractivity (Wildman–Crippen MR) is 76.5 cm³/mol. The molecule has 2 rings (SSSR count). The first-order valence-corrected chi connectivity index (χ1v) is 6.71. The minimum absolute atomic E-state index is 0.0207. The molecule has 0 radical (unpaired) electrons. The second-order valence-electron chi connectivity index (χ2n) is 4.09. The van der Waals surface area contributed by atoms with E-state index in [0.717, 1.165) is 5.56 Å². The van der Waals surface area contributed by atoms with Gasteiger partial charge in [0.25, 0.3) is 0 Å². The highest BCUT2D eigenvalue weighted by Crippen LogP contribution is 2.25. The molecule has 0 heterocycles. The summed E-state index contributed by atoms with van der Waals surface area (Å²) in [6.45, 7) is 0.0207. The van der Waals surface area contributed by atoms with Gasteiger partial charge in [-0.1, -0.05) is 11.6 Å². The van der Waals surface area contributed by atoms with Gasteiger partial charge in [0.1, 0.15) is 18.2 Å². The molecule has 0 bridgehead atoms. The first-order chi connectivity index (χ1) is 9.63. The second kappa shape index (κ2) is 6.60. The van der Waals surface area contributed by atoms with E-state index in [-0.39, 0.29) is 12.5 Å². The van der Waals surface area contributed by atoms with Gasteiger partial charge in [-0.2, -0.15) is 5.26 Å². The Bertz CT molecular complexity index is 667. The highest BCUT2D eigenvalue weighted by Gasteiger charge is 2.08. The number of rotatable bonds is 4. The number of nitrogens with zero attached hydrogens (tertiary/aromatic N) is 1. The van der Waals surface area contributed by atoms with Crippen LogP contribution >= 0.6 is 23.2 Å². The van der Waals surface area contributed by atoms with E-state index >= 15 is 0 Å². The van der Waals surface area contributed by atoms with E-state index in [9.17, 15) is 4.39 Å². The van der Waals surface area contributed by atoms with Gasteiger partial charge in [-0.15, -0.1) is 11.6 Å². The summed E-state index contributed by atoms with van der Waals surface area (Å²) in [5.41, 5.74) is 1.44. The monoisotopic (exact) mass is 309 g/mol. The van der Waals surface area contributed by atoms with E-state index in [2.05, 4.69) is 0 Å². The molecule has 0 atom stereocenters. The molecule has 0 aromatic heterocycles. The molecular weight excluding hydrogens is 300 g/mol. The van der Waals surface area contributed by atoms with Gasteiger partial charge in [0.05, 0.1) is 17.5 Å². The smallest absolute Gasteiger partial charge is 0.129 e. The molecule has 0 aliphatic heterocycles. The number of ether oxygens (including phenoxy) is 1. The van der Waals surface area contributed by atoms with Gasteiger partial charge in [0.2, 0.25) is 0 Å². The lowest BCUT2D eigenvalue weighted by molar-refractivity contribution is 0.297. The second-order valence-corrected chi connectivity index (χ2v) is 4.80. The Balaban J connectivity index is 2.19. The molecule has 2 nitrogen and oxygen atoms in total. The van der Waals surface area contributed by atoms with Crippen LogP contribution in [0.1, 0.15) is 16.7 Å². The van der Waals surface area contributed by atoms with Crippen molar-refractivity contribution in [2.75, 3.05) is 0 Å². The summed E-state index contributed by atoms with van der Waals surface area (Å²) in [4.78, 5) is 0. The summed E-state index contributed by atoms with van der Waals surface area (Å²) in [6, 6.07) is 11.2. The van der Waals surface area contributed by atoms with Gasteiger partial charge in [-0.05, 0) is 36.4 Å². The van der Waals surface area contributed by atoms with Crippen molar-refractivity contribution >= 4 is 23.2 Å². The number of hydrogen-bond acceptors (Lipinski definition) is 2. The van der Waals surface area contributed by atoms with Crippen LogP contribution < -0.4 is 4.74 Å². The van der Waals surface area contributed by atoms with Crippen LogP contribution in [0.15, 0.2) is 36.4 Å². The van der Waals surface area contributed by atoms with Crippen molar-refractivity contribution in [3.05, 3.63) is 63.9 Å². The normalized spacial score (nSPS) is 10.1. The lowest BCUT2D eigenvalue weighted by Gasteiger charge is -2.11. The van der Waals surface area contributed by atoms with Gasteiger partial charge in [-0.3, -0.25) is 0 Å². The van der Waals surface area contributed by atoms with E-state index in [1.54, 1.807) is 18.2 Å². The van der Waals surface area contributed by atoms with Crippen LogP contribution in [0.2, 0.25) is 5.02 Å². The summed E-state index contributed by atoms with van der Waals surface area (Å²) < 4.78 is 19.2. The van der Waals surface area contributed by atoms with Crippen molar-refractivity contribution in [2.45, 2.75) is 12.5 Å². The molecule has 0 aliphatic carbocycles. The molecule has 0 spiro atoms. The average molecular weight is 310 g/mol. The first kappa shape index (κ1) is 14.6. The van der Waals surface area contributed by atoms with Crippen LogP contribution in [0, 0.1) is 17.1 Å². The van der Waals surface area contributed by atoms with Crippen LogP contribution in [-0.4, -0.2) is 0 Å². The quantitative estimate of drug-likeness (QED) is 0.769. The average Bonchev–Trinajstić information content (AvgIpc) is 2.47. The van der Waals surface area contributed by atoms with Crippen LogP contribution in [-0.2, 0) is 12.5 Å². The van der Waals surface area contributed by atoms with Crippen molar-refractivity contribution in [3.63, 3.8) is 0 Å². The predicted octanol–water partition coefficient (Wildman–Crippen LogP) is 4.67. The zero-order valence-electron chi connectivity index (χ0n) is 10.4. The molecule has 0 N–H and O–H groups in total. The fourth-order valence-electron chi connectivity index (χ4n) is 1.70. The molecule has 20 heavy (non-hydrogen) atoms. The van der Waals surface area contributed by atoms with E-state index < -0.39 is 5.82 Å². The Morgan fingerprint density at radius 3 is 2.65 bits per heavy atom. The van der Waals surface area contributed by atoms with Gasteiger partial charge in [0.15, 0.2) is 0 Å². The Kier molecular flexibility index (Phi) is 4.84. The zero-order chi connectivity index (χ0) is 14.5. The maximum atomic E-state index is 13.6. The van der Waals surface area contributed by atoms with Crippen molar-refractivity contribution < 1.29 is 9.13 Å². The van der Waals surface area contributed by atoms with E-state index in [0.29, 0.717) is 21.9 Å². The largest absolute Gasteiger partial charge is 0.488 e. The van der Waals surface area contributed by atoms with Gasteiger partial charge in [0, 0.05) is 16.1 Å². The van der Waals surface area contributed by atoms with Crippen molar-refractivity contribution in [2.24, 2.45) is 0 Å². The molecule has 2 aromatic rings. The molecule has 0 aliphatic rings. The first-order valence-electron chi connectivity index (χ1n) is 5.79. The van der Waals surface area contributed by atoms with Crippen LogP contribution in [0.4, 0.5) is 4.39 Å². The molecule has 0 saturated carbocycles. The van der Waals surface area contributed by atoms with E-state index in [4.69, 9.17) is 33.2 Å². The SMILES string of the molecule is N#Cc1ccc(F)c(COc2ccc(Cl)cc2CCl)c1. The number of alkyl halides is 1. The Morgan fingerprint density at radius 2 is 1.95 bits per heavy atom. The van der Waals surface area contributed by atoms with Crippen LogP contribution in [0.3, 0.4) is 0 Å². The molecule has 0 amide bonds. The maximum absolute atomic E-state index is 13.6. The molecule has 102 valence electrons. The standard InChI is InChI=1S/C15H10Cl2FNO/c16-7-11-6-13(17)2-4-15(11)20-9-12-5-10(8-19)1-3-14(12)18/h1-6H,7,9H2. The fourth-order valence-corrected chi connectivity index (χ4v) is 2.11. The molecule has 0 saturated heterocycles. The van der Waals surface area contributed by atoms with Gasteiger partial charge >= 0.3 is 0 Å². The third kappa shape index (κ3) is 3.41. The summed E-state index contributed by atoms with van der Waals surface area (Å²) in [5, 5.41) is 9.37. The summed E-state index contributed by atoms with van der Waals surface area (Å²) in [5.74, 6) is 0.382. The zero-order valence-corrected chi connectivity index (χ0v) is 11.9. The lowest BCUT2D eigenvalue weighted by Crippen LogP contribution is -2.01. The molecule has 0 fully saturated rings. The minimum atomic E-state index is -0.412. The van der Waals surface area contributed by atoms with Crippen LogP contribution in [0.25, 0.3) is 0 Å². The number of nitriles is 1. The molecular formula is C15H10Cl2FNO. The van der Waals surface area contributed by atoms with Crippen LogP contribution in [0.5, 0.6) is 5.75 Å². The van der Waals surface area contributed by atoms with Crippen molar-refractivity contribution in [1.29, 1.82) is 5.26 Å². The Labute approximate surface area is 126 Å². The Morgan fingerprint density at radius 1 is 1.15 bits per heavy atom. The summed E-state index contributed by atoms with van der Waals surface area (Å²) >= 11 is 11.7. The number of halogens is 3. The van der Waals surface area contributed by atoms with E-state index in [1.807, 2.05) is 6.07 Å². The van der Waals surface area contributed by atoms with Crippen molar-refractivity contribution in [1.82, 2.24) is 0 Å². The topological polar surface area (TPSA) is 33.0 Å². The van der Waals surface area contributed by atoms with Gasteiger partial charge < -0.3 is 4.74 Å². The Hall–Kier alpha value is -1.76. The number of benzene rings is 2. The highest BCUT2D eigenvalue weighted by molar-refractivity contribution is 6.30. The third-order valence-corrected chi connectivity index (χ3v) is 3.25. The fraction of sp³-hybridized carbons (Fsp3) is 0.133.